The van der Waals surface area contributed by atoms with Gasteiger partial charge in [-0.15, -0.1) is 0 Å². The average Bonchev–Trinajstić information content (AvgIpc) is 3.29. The molecule has 4 aromatic rings. The summed E-state index contributed by atoms with van der Waals surface area (Å²) in [6, 6.07) is 12.2. The Morgan fingerprint density at radius 3 is 2.55 bits per heavy atom. The van der Waals surface area contributed by atoms with Crippen LogP contribution in [0, 0.1) is 12.7 Å². The summed E-state index contributed by atoms with van der Waals surface area (Å²) in [7, 11) is 1.29. The van der Waals surface area contributed by atoms with Gasteiger partial charge in [0, 0.05) is 11.6 Å². The molecule has 1 amide bonds. The summed E-state index contributed by atoms with van der Waals surface area (Å²) in [6.45, 7) is 1.80. The standard InChI is InChI=1S/C20H15FN4O3S/c1-11-9-17(23-18(26)12-3-5-13(6-4-12)19(27)28-2)25(24-11)20-22-15-8-7-14(21)10-16(15)29-20/h3-10H,1-2H3,(H,23,26). The van der Waals surface area contributed by atoms with Gasteiger partial charge in [-0.2, -0.15) is 9.78 Å². The van der Waals surface area contributed by atoms with Crippen LogP contribution in [0.2, 0.25) is 0 Å². The van der Waals surface area contributed by atoms with Crippen LogP contribution in [0.15, 0.2) is 48.5 Å². The number of fused-ring (bicyclic) bond motifs is 1. The van der Waals surface area contributed by atoms with Crippen molar-refractivity contribution >= 4 is 39.2 Å². The monoisotopic (exact) mass is 410 g/mol. The van der Waals surface area contributed by atoms with Crippen LogP contribution in [0.3, 0.4) is 0 Å². The zero-order chi connectivity index (χ0) is 20.5. The van der Waals surface area contributed by atoms with E-state index in [1.165, 1.54) is 59.5 Å². The van der Waals surface area contributed by atoms with Crippen molar-refractivity contribution in [2.75, 3.05) is 12.4 Å². The summed E-state index contributed by atoms with van der Waals surface area (Å²) >= 11 is 1.27. The minimum absolute atomic E-state index is 0.340. The number of ether oxygens (including phenoxy) is 1. The Labute approximate surface area is 168 Å². The molecule has 7 nitrogen and oxygen atoms in total. The molecule has 2 heterocycles. The maximum absolute atomic E-state index is 13.5. The molecule has 0 aliphatic carbocycles. The number of nitrogens with one attached hydrogen (secondary N) is 1. The second-order valence-corrected chi connectivity index (χ2v) is 7.22. The zero-order valence-electron chi connectivity index (χ0n) is 15.5. The van der Waals surface area contributed by atoms with E-state index in [2.05, 4.69) is 20.1 Å². The third kappa shape index (κ3) is 3.72. The highest BCUT2D eigenvalue weighted by Crippen LogP contribution is 2.28. The van der Waals surface area contributed by atoms with Gasteiger partial charge in [0.15, 0.2) is 0 Å². The fourth-order valence-electron chi connectivity index (χ4n) is 2.78. The van der Waals surface area contributed by atoms with Gasteiger partial charge in [-0.1, -0.05) is 11.3 Å². The van der Waals surface area contributed by atoms with Gasteiger partial charge in [-0.3, -0.25) is 4.79 Å². The first-order chi connectivity index (χ1) is 13.9. The van der Waals surface area contributed by atoms with Gasteiger partial charge in [0.2, 0.25) is 5.13 Å². The number of benzene rings is 2. The predicted molar refractivity (Wildman–Crippen MR) is 107 cm³/mol. The van der Waals surface area contributed by atoms with Crippen molar-refractivity contribution in [3.8, 4) is 5.13 Å². The highest BCUT2D eigenvalue weighted by Gasteiger charge is 2.16. The molecule has 0 aliphatic rings. The number of esters is 1. The number of halogens is 1. The molecule has 2 aromatic carbocycles. The largest absolute Gasteiger partial charge is 0.465 e. The van der Waals surface area contributed by atoms with E-state index in [4.69, 9.17) is 0 Å². The Balaban J connectivity index is 1.62. The van der Waals surface area contributed by atoms with Gasteiger partial charge >= 0.3 is 5.97 Å². The number of thiazole rings is 1. The molecule has 0 fully saturated rings. The SMILES string of the molecule is COC(=O)c1ccc(C(=O)Nc2cc(C)nn2-c2nc3ccc(F)cc3s2)cc1. The minimum atomic E-state index is -0.474. The van der Waals surface area contributed by atoms with E-state index >= 15 is 0 Å². The molecular weight excluding hydrogens is 395 g/mol. The van der Waals surface area contributed by atoms with Crippen molar-refractivity contribution in [2.45, 2.75) is 6.92 Å². The lowest BCUT2D eigenvalue weighted by Gasteiger charge is -2.07. The first-order valence-electron chi connectivity index (χ1n) is 8.57. The van der Waals surface area contributed by atoms with Gasteiger partial charge < -0.3 is 10.1 Å². The van der Waals surface area contributed by atoms with Crippen LogP contribution in [0.4, 0.5) is 10.2 Å². The Morgan fingerprint density at radius 1 is 1.10 bits per heavy atom. The molecule has 4 rings (SSSR count). The van der Waals surface area contributed by atoms with Crippen LogP contribution in [-0.4, -0.2) is 33.8 Å². The Morgan fingerprint density at radius 2 is 1.83 bits per heavy atom. The summed E-state index contributed by atoms with van der Waals surface area (Å²) in [6.07, 6.45) is 0. The Bertz CT molecular complexity index is 1230. The number of aromatic nitrogens is 3. The number of aryl methyl sites for hydroxylation is 1. The highest BCUT2D eigenvalue weighted by molar-refractivity contribution is 7.20. The summed E-state index contributed by atoms with van der Waals surface area (Å²) in [5, 5.41) is 7.70. The third-order valence-electron chi connectivity index (χ3n) is 4.16. The molecule has 0 radical (unpaired) electrons. The van der Waals surface area contributed by atoms with E-state index in [1.807, 2.05) is 0 Å². The van der Waals surface area contributed by atoms with Crippen molar-refractivity contribution in [3.63, 3.8) is 0 Å². The molecule has 0 unspecified atom stereocenters. The lowest BCUT2D eigenvalue weighted by Crippen LogP contribution is -2.15. The van der Waals surface area contributed by atoms with E-state index in [0.29, 0.717) is 38.0 Å². The first kappa shape index (κ1) is 18.8. The van der Waals surface area contributed by atoms with Crippen molar-refractivity contribution in [1.82, 2.24) is 14.8 Å². The van der Waals surface area contributed by atoms with Crippen LogP contribution in [0.5, 0.6) is 0 Å². The van der Waals surface area contributed by atoms with Gasteiger partial charge in [0.1, 0.15) is 11.6 Å². The maximum atomic E-state index is 13.5. The second kappa shape index (κ2) is 7.44. The summed E-state index contributed by atoms with van der Waals surface area (Å²) in [5.41, 5.74) is 2.06. The summed E-state index contributed by atoms with van der Waals surface area (Å²) < 4.78 is 20.3. The number of methoxy groups -OCH3 is 1. The van der Waals surface area contributed by atoms with Crippen molar-refractivity contribution in [1.29, 1.82) is 0 Å². The molecular formula is C20H15FN4O3S. The molecule has 9 heteroatoms. The van der Waals surface area contributed by atoms with Crippen LogP contribution in [0.25, 0.3) is 15.3 Å². The van der Waals surface area contributed by atoms with Gasteiger partial charge in [-0.25, -0.2) is 14.2 Å². The fraction of sp³-hybridized carbons (Fsp3) is 0.100. The zero-order valence-corrected chi connectivity index (χ0v) is 16.3. The normalized spacial score (nSPS) is 10.9. The number of nitrogens with zero attached hydrogens (tertiary/aromatic N) is 3. The molecule has 0 saturated heterocycles. The Hall–Kier alpha value is -3.59. The number of carbonyl (C=O) groups excluding carboxylic acids is 2. The van der Waals surface area contributed by atoms with E-state index in [0.717, 1.165) is 0 Å². The predicted octanol–water partition coefficient (Wildman–Crippen LogP) is 3.97. The number of carbonyl (C=O) groups is 2. The summed E-state index contributed by atoms with van der Waals surface area (Å²) in [5.74, 6) is -0.745. The molecule has 0 saturated carbocycles. The number of anilines is 1. The highest BCUT2D eigenvalue weighted by atomic mass is 32.1. The number of hydrogen-bond acceptors (Lipinski definition) is 6. The van der Waals surface area contributed by atoms with Crippen LogP contribution in [-0.2, 0) is 4.74 Å². The molecule has 0 bridgehead atoms. The average molecular weight is 410 g/mol. The van der Waals surface area contributed by atoms with Gasteiger partial charge in [0.25, 0.3) is 5.91 Å². The molecule has 2 aromatic heterocycles. The van der Waals surface area contributed by atoms with Crippen molar-refractivity contribution in [3.05, 3.63) is 71.2 Å². The van der Waals surface area contributed by atoms with Crippen molar-refractivity contribution < 1.29 is 18.7 Å². The van der Waals surface area contributed by atoms with E-state index < -0.39 is 5.97 Å². The van der Waals surface area contributed by atoms with Crippen LogP contribution < -0.4 is 5.32 Å². The lowest BCUT2D eigenvalue weighted by atomic mass is 10.1. The van der Waals surface area contributed by atoms with Gasteiger partial charge in [0.05, 0.1) is 28.6 Å². The molecule has 0 spiro atoms. The molecule has 146 valence electrons. The van der Waals surface area contributed by atoms with E-state index in [9.17, 15) is 14.0 Å². The number of hydrogen-bond donors (Lipinski definition) is 1. The minimum Gasteiger partial charge on any atom is -0.465 e. The van der Waals surface area contributed by atoms with E-state index in [-0.39, 0.29) is 11.7 Å². The summed E-state index contributed by atoms with van der Waals surface area (Å²) in [4.78, 5) is 28.6. The number of amides is 1. The van der Waals surface area contributed by atoms with Gasteiger partial charge in [-0.05, 0) is 49.4 Å². The number of rotatable bonds is 4. The quantitative estimate of drug-likeness (QED) is 0.515. The lowest BCUT2D eigenvalue weighted by molar-refractivity contribution is 0.0600. The molecule has 29 heavy (non-hydrogen) atoms. The maximum Gasteiger partial charge on any atom is 0.337 e. The first-order valence-corrected chi connectivity index (χ1v) is 9.39. The molecule has 1 N–H and O–H groups in total. The molecule has 0 aliphatic heterocycles. The third-order valence-corrected chi connectivity index (χ3v) is 5.16. The van der Waals surface area contributed by atoms with E-state index in [1.54, 1.807) is 19.1 Å². The van der Waals surface area contributed by atoms with Crippen molar-refractivity contribution in [2.24, 2.45) is 0 Å². The second-order valence-electron chi connectivity index (χ2n) is 6.21. The topological polar surface area (TPSA) is 86.1 Å². The molecule has 0 atom stereocenters. The van der Waals surface area contributed by atoms with Crippen LogP contribution in [0.1, 0.15) is 26.4 Å². The smallest absolute Gasteiger partial charge is 0.337 e. The Kier molecular flexibility index (Phi) is 4.81. The van der Waals surface area contributed by atoms with Crippen LogP contribution >= 0.6 is 11.3 Å². The fourth-order valence-corrected chi connectivity index (χ4v) is 3.73.